The first-order valence-electron chi connectivity index (χ1n) is 6.16. The van der Waals surface area contributed by atoms with Gasteiger partial charge in [-0.1, -0.05) is 0 Å². The van der Waals surface area contributed by atoms with Crippen molar-refractivity contribution in [2.24, 2.45) is 0 Å². The number of ether oxygens (including phenoxy) is 2. The number of rotatable bonds is 4. The first-order chi connectivity index (χ1) is 9.13. The van der Waals surface area contributed by atoms with Crippen molar-refractivity contribution in [3.05, 3.63) is 17.7 Å². The van der Waals surface area contributed by atoms with Gasteiger partial charge in [0, 0.05) is 6.61 Å². The second kappa shape index (κ2) is 6.42. The van der Waals surface area contributed by atoms with E-state index in [-0.39, 0.29) is 12.0 Å². The Morgan fingerprint density at radius 2 is 2.32 bits per heavy atom. The fraction of sp³-hybridized carbons (Fsp3) is 0.462. The first kappa shape index (κ1) is 14.4. The van der Waals surface area contributed by atoms with Crippen molar-refractivity contribution in [3.8, 4) is 11.5 Å². The van der Waals surface area contributed by atoms with Crippen LogP contribution in [0, 0.1) is 5.41 Å². The Bertz CT molecular complexity index is 473. The molecule has 1 unspecified atom stereocenters. The Balaban J connectivity index is 2.30. The van der Waals surface area contributed by atoms with Crippen LogP contribution in [0.15, 0.2) is 12.1 Å². The molecular formula is C13H17IN2O3. The molecule has 2 rings (SSSR count). The molecule has 0 spiro atoms. The summed E-state index contributed by atoms with van der Waals surface area (Å²) in [4.78, 5) is 0. The summed E-state index contributed by atoms with van der Waals surface area (Å²) in [5, 5.41) is 20.9. The Morgan fingerprint density at radius 3 is 2.89 bits per heavy atom. The lowest BCUT2D eigenvalue weighted by Crippen LogP contribution is -2.27. The normalized spacial score (nSPS) is 18.9. The smallest absolute Gasteiger partial charge is 0.172 e. The van der Waals surface area contributed by atoms with Crippen LogP contribution in [0.3, 0.4) is 0 Å². The molecule has 1 aromatic carbocycles. The van der Waals surface area contributed by atoms with Crippen molar-refractivity contribution in [1.82, 2.24) is 0 Å². The molecule has 1 saturated heterocycles. The Hall–Kier alpha value is -1.02. The average molecular weight is 376 g/mol. The van der Waals surface area contributed by atoms with Gasteiger partial charge in [0.05, 0.1) is 18.4 Å². The van der Waals surface area contributed by atoms with E-state index in [0.717, 1.165) is 31.6 Å². The molecule has 1 aromatic rings. The minimum absolute atomic E-state index is 0.0361. The topological polar surface area (TPSA) is 74.6 Å². The van der Waals surface area contributed by atoms with Crippen molar-refractivity contribution in [3.63, 3.8) is 0 Å². The molecule has 0 amide bonds. The maximum Gasteiger partial charge on any atom is 0.172 e. The van der Waals surface area contributed by atoms with Crippen LogP contribution in [0.2, 0.25) is 0 Å². The maximum absolute atomic E-state index is 9.79. The number of methoxy groups -OCH3 is 1. The third-order valence-electron chi connectivity index (χ3n) is 3.06. The lowest BCUT2D eigenvalue weighted by molar-refractivity contribution is 0.0343. The fourth-order valence-electron chi connectivity index (χ4n) is 2.14. The summed E-state index contributed by atoms with van der Waals surface area (Å²) in [6.07, 6.45) is 3.12. The second-order valence-corrected chi connectivity index (χ2v) is 5.43. The average Bonchev–Trinajstić information content (AvgIpc) is 2.41. The highest BCUT2D eigenvalue weighted by Gasteiger charge is 2.20. The number of aromatic hydroxyl groups is 1. The van der Waals surface area contributed by atoms with E-state index in [1.807, 2.05) is 22.6 Å². The van der Waals surface area contributed by atoms with Crippen LogP contribution in [0.4, 0.5) is 5.69 Å². The predicted octanol–water partition coefficient (Wildman–Crippen LogP) is 3.10. The summed E-state index contributed by atoms with van der Waals surface area (Å²) in [6, 6.07) is 3.31. The number of hydrogen-bond donors (Lipinski definition) is 3. The zero-order chi connectivity index (χ0) is 13.8. The summed E-state index contributed by atoms with van der Waals surface area (Å²) in [5.74, 6) is 0.356. The predicted molar refractivity (Wildman–Crippen MR) is 82.7 cm³/mol. The fourth-order valence-corrected chi connectivity index (χ4v) is 2.68. The van der Waals surface area contributed by atoms with Gasteiger partial charge in [0.1, 0.15) is 9.95 Å². The van der Waals surface area contributed by atoms with Crippen LogP contribution in [0.1, 0.15) is 24.8 Å². The van der Waals surface area contributed by atoms with Gasteiger partial charge in [0.15, 0.2) is 11.5 Å². The summed E-state index contributed by atoms with van der Waals surface area (Å²) in [5.41, 5.74) is 1.32. The number of benzene rings is 1. The van der Waals surface area contributed by atoms with E-state index < -0.39 is 0 Å². The van der Waals surface area contributed by atoms with Crippen LogP contribution < -0.4 is 10.1 Å². The van der Waals surface area contributed by atoms with E-state index in [0.29, 0.717) is 15.0 Å². The number of hydrogen-bond acceptors (Lipinski definition) is 5. The Kier molecular flexibility index (Phi) is 4.87. The molecule has 5 nitrogen and oxygen atoms in total. The zero-order valence-corrected chi connectivity index (χ0v) is 12.9. The SMILES string of the molecule is COc1c(O)ccc(NC2CCCCO2)c1C(=N)I. The van der Waals surface area contributed by atoms with Crippen molar-refractivity contribution in [2.75, 3.05) is 19.0 Å². The maximum atomic E-state index is 9.79. The molecule has 6 heteroatoms. The van der Waals surface area contributed by atoms with Gasteiger partial charge in [0.2, 0.25) is 0 Å². The number of phenols is 1. The summed E-state index contributed by atoms with van der Waals surface area (Å²) in [6.45, 7) is 0.754. The third kappa shape index (κ3) is 3.30. The van der Waals surface area contributed by atoms with Gasteiger partial charge in [-0.25, -0.2) is 0 Å². The molecule has 0 aromatic heterocycles. The van der Waals surface area contributed by atoms with E-state index in [1.165, 1.54) is 7.11 Å². The standard InChI is InChI=1S/C13H17IN2O3/c1-18-12-9(17)6-5-8(11(12)13(14)15)16-10-4-2-3-7-19-10/h5-6,10,15-17H,2-4,7H2,1H3. The molecule has 1 fully saturated rings. The summed E-state index contributed by atoms with van der Waals surface area (Å²) >= 11 is 1.91. The van der Waals surface area contributed by atoms with Crippen LogP contribution in [0.5, 0.6) is 11.5 Å². The van der Waals surface area contributed by atoms with Gasteiger partial charge in [-0.2, -0.15) is 0 Å². The van der Waals surface area contributed by atoms with Crippen molar-refractivity contribution < 1.29 is 14.6 Å². The second-order valence-electron chi connectivity index (χ2n) is 4.35. The van der Waals surface area contributed by atoms with E-state index in [2.05, 4.69) is 5.32 Å². The number of halogens is 1. The Morgan fingerprint density at radius 1 is 1.53 bits per heavy atom. The molecule has 0 radical (unpaired) electrons. The molecule has 3 N–H and O–H groups in total. The number of anilines is 1. The highest BCUT2D eigenvalue weighted by atomic mass is 127. The van der Waals surface area contributed by atoms with E-state index in [4.69, 9.17) is 14.9 Å². The van der Waals surface area contributed by atoms with Crippen molar-refractivity contribution in [2.45, 2.75) is 25.5 Å². The lowest BCUT2D eigenvalue weighted by atomic mass is 10.1. The van der Waals surface area contributed by atoms with E-state index in [9.17, 15) is 5.11 Å². The summed E-state index contributed by atoms with van der Waals surface area (Å²) < 4.78 is 11.1. The minimum atomic E-state index is -0.0440. The highest BCUT2D eigenvalue weighted by molar-refractivity contribution is 14.1. The number of nitrogens with one attached hydrogen (secondary N) is 2. The molecule has 1 aliphatic rings. The molecule has 1 heterocycles. The monoisotopic (exact) mass is 376 g/mol. The van der Waals surface area contributed by atoms with Crippen LogP contribution in [0.25, 0.3) is 0 Å². The molecule has 104 valence electrons. The quantitative estimate of drug-likeness (QED) is 0.429. The van der Waals surface area contributed by atoms with Crippen molar-refractivity contribution >= 4 is 32.0 Å². The van der Waals surface area contributed by atoms with E-state index in [1.54, 1.807) is 12.1 Å². The van der Waals surface area contributed by atoms with E-state index >= 15 is 0 Å². The molecular weight excluding hydrogens is 359 g/mol. The molecule has 0 bridgehead atoms. The van der Waals surface area contributed by atoms with Gasteiger partial charge < -0.3 is 19.9 Å². The Labute approximate surface area is 125 Å². The lowest BCUT2D eigenvalue weighted by Gasteiger charge is -2.26. The van der Waals surface area contributed by atoms with Gasteiger partial charge in [-0.15, -0.1) is 0 Å². The van der Waals surface area contributed by atoms with Crippen LogP contribution in [-0.4, -0.2) is 28.8 Å². The molecule has 0 saturated carbocycles. The molecule has 0 aliphatic carbocycles. The zero-order valence-electron chi connectivity index (χ0n) is 10.7. The molecule has 1 atom stereocenters. The molecule has 19 heavy (non-hydrogen) atoms. The van der Waals surface area contributed by atoms with Crippen molar-refractivity contribution in [1.29, 1.82) is 5.41 Å². The number of phenolic OH excluding ortho intramolecular Hbond substituents is 1. The largest absolute Gasteiger partial charge is 0.504 e. The highest BCUT2D eigenvalue weighted by Crippen LogP contribution is 2.37. The van der Waals surface area contributed by atoms with Gasteiger partial charge in [-0.3, -0.25) is 5.41 Å². The van der Waals surface area contributed by atoms with Gasteiger partial charge >= 0.3 is 0 Å². The third-order valence-corrected chi connectivity index (χ3v) is 3.60. The van der Waals surface area contributed by atoms with Gasteiger partial charge in [0.25, 0.3) is 0 Å². The summed E-state index contributed by atoms with van der Waals surface area (Å²) in [7, 11) is 1.49. The molecule has 1 aliphatic heterocycles. The van der Waals surface area contributed by atoms with Crippen LogP contribution >= 0.6 is 22.6 Å². The van der Waals surface area contributed by atoms with Crippen LogP contribution in [-0.2, 0) is 4.74 Å². The van der Waals surface area contributed by atoms with Gasteiger partial charge in [-0.05, 0) is 54.0 Å². The minimum Gasteiger partial charge on any atom is -0.504 e. The first-order valence-corrected chi connectivity index (χ1v) is 7.24.